The Kier molecular flexibility index (Phi) is 6.61. The summed E-state index contributed by atoms with van der Waals surface area (Å²) >= 11 is 0. The Balaban J connectivity index is 1.99. The van der Waals surface area contributed by atoms with E-state index in [1.807, 2.05) is 13.8 Å². The number of nitrogens with one attached hydrogen (secondary N) is 1. The van der Waals surface area contributed by atoms with Crippen LogP contribution in [0.25, 0.3) is 0 Å². The van der Waals surface area contributed by atoms with Crippen LogP contribution < -0.4 is 10.2 Å². The topological polar surface area (TPSA) is 92.1 Å². The van der Waals surface area contributed by atoms with Crippen molar-refractivity contribution in [2.45, 2.75) is 25.7 Å². The zero-order valence-corrected chi connectivity index (χ0v) is 17.8. The lowest BCUT2D eigenvalue weighted by molar-refractivity contribution is 0.0730. The molecule has 8 nitrogen and oxygen atoms in total. The molecule has 1 aromatic carbocycles. The number of furan rings is 1. The highest BCUT2D eigenvalue weighted by atomic mass is 32.2. The molecule has 3 rings (SSSR count). The first-order valence-corrected chi connectivity index (χ1v) is 11.1. The van der Waals surface area contributed by atoms with Crippen molar-refractivity contribution in [1.82, 2.24) is 4.31 Å². The number of amides is 1. The first-order chi connectivity index (χ1) is 13.9. The average Bonchev–Trinajstić information content (AvgIpc) is 3.16. The van der Waals surface area contributed by atoms with Gasteiger partial charge in [0.05, 0.1) is 35.7 Å². The molecule has 1 aliphatic rings. The van der Waals surface area contributed by atoms with Gasteiger partial charge in [-0.05, 0) is 45.0 Å². The summed E-state index contributed by atoms with van der Waals surface area (Å²) in [5.74, 6) is -0.209. The molecule has 0 unspecified atom stereocenters. The summed E-state index contributed by atoms with van der Waals surface area (Å²) in [6.07, 6.45) is 1.45. The van der Waals surface area contributed by atoms with Crippen molar-refractivity contribution in [3.05, 3.63) is 41.9 Å². The minimum Gasteiger partial charge on any atom is -0.459 e. The molecule has 0 atom stereocenters. The summed E-state index contributed by atoms with van der Waals surface area (Å²) in [7, 11) is -3.68. The monoisotopic (exact) mass is 421 g/mol. The van der Waals surface area contributed by atoms with Crippen molar-refractivity contribution in [1.29, 1.82) is 0 Å². The number of hydrogen-bond donors (Lipinski definition) is 1. The first kappa shape index (κ1) is 21.4. The third-order valence-corrected chi connectivity index (χ3v) is 6.89. The van der Waals surface area contributed by atoms with E-state index in [9.17, 15) is 13.2 Å². The Morgan fingerprint density at radius 1 is 1.17 bits per heavy atom. The first-order valence-electron chi connectivity index (χ1n) is 9.70. The van der Waals surface area contributed by atoms with Crippen LogP contribution in [0, 0.1) is 6.92 Å². The minimum absolute atomic E-state index is 0.141. The largest absolute Gasteiger partial charge is 0.459 e. The highest BCUT2D eigenvalue weighted by molar-refractivity contribution is 7.89. The van der Waals surface area contributed by atoms with Crippen LogP contribution in [0.1, 0.15) is 30.0 Å². The second-order valence-corrected chi connectivity index (χ2v) is 8.69. The van der Waals surface area contributed by atoms with Crippen molar-refractivity contribution < 1.29 is 22.4 Å². The summed E-state index contributed by atoms with van der Waals surface area (Å²) in [6, 6.07) is 6.56. The van der Waals surface area contributed by atoms with Crippen LogP contribution >= 0.6 is 0 Å². The second kappa shape index (κ2) is 8.98. The van der Waals surface area contributed by atoms with Crippen molar-refractivity contribution in [3.8, 4) is 0 Å². The van der Waals surface area contributed by atoms with Crippen molar-refractivity contribution in [3.63, 3.8) is 0 Å². The molecular formula is C20H27N3O5S. The van der Waals surface area contributed by atoms with E-state index in [1.165, 1.54) is 16.6 Å². The second-order valence-electron chi connectivity index (χ2n) is 6.75. The normalized spacial score (nSPS) is 15.3. The van der Waals surface area contributed by atoms with Gasteiger partial charge in [-0.15, -0.1) is 0 Å². The Bertz CT molecular complexity index is 960. The quantitative estimate of drug-likeness (QED) is 0.739. The molecule has 0 aliphatic carbocycles. The van der Waals surface area contributed by atoms with E-state index in [2.05, 4.69) is 10.2 Å². The Hall–Kier alpha value is -2.36. The fourth-order valence-electron chi connectivity index (χ4n) is 3.34. The molecule has 1 aromatic heterocycles. The zero-order chi connectivity index (χ0) is 21.0. The Labute approximate surface area is 171 Å². The zero-order valence-electron chi connectivity index (χ0n) is 17.0. The molecule has 1 saturated heterocycles. The molecule has 0 spiro atoms. The number of nitrogens with zero attached hydrogens (tertiary/aromatic N) is 2. The summed E-state index contributed by atoms with van der Waals surface area (Å²) in [5.41, 5.74) is 1.90. The molecule has 0 saturated carbocycles. The van der Waals surface area contributed by atoms with E-state index >= 15 is 0 Å². The number of carbonyl (C=O) groups is 1. The molecule has 1 fully saturated rings. The molecule has 1 aliphatic heterocycles. The van der Waals surface area contributed by atoms with Crippen LogP contribution in [0.4, 0.5) is 11.4 Å². The summed E-state index contributed by atoms with van der Waals surface area (Å²) in [6.45, 7) is 8.60. The number of rotatable bonds is 7. The lowest BCUT2D eigenvalue weighted by Crippen LogP contribution is -2.40. The highest BCUT2D eigenvalue weighted by Crippen LogP contribution is 2.31. The van der Waals surface area contributed by atoms with E-state index in [0.717, 1.165) is 5.69 Å². The summed E-state index contributed by atoms with van der Waals surface area (Å²) in [4.78, 5) is 14.9. The van der Waals surface area contributed by atoms with Crippen LogP contribution in [-0.4, -0.2) is 58.0 Å². The lowest BCUT2D eigenvalue weighted by Gasteiger charge is -2.28. The van der Waals surface area contributed by atoms with Crippen LogP contribution in [0.2, 0.25) is 0 Å². The number of benzene rings is 1. The average molecular weight is 422 g/mol. The van der Waals surface area contributed by atoms with Crippen LogP contribution in [0.3, 0.4) is 0 Å². The highest BCUT2D eigenvalue weighted by Gasteiger charge is 2.28. The third kappa shape index (κ3) is 4.47. The number of ether oxygens (including phenoxy) is 1. The Morgan fingerprint density at radius 2 is 1.86 bits per heavy atom. The third-order valence-electron chi connectivity index (χ3n) is 5.00. The van der Waals surface area contributed by atoms with Gasteiger partial charge in [0, 0.05) is 31.7 Å². The maximum atomic E-state index is 13.1. The van der Waals surface area contributed by atoms with Gasteiger partial charge in [0.2, 0.25) is 10.0 Å². The maximum Gasteiger partial charge on any atom is 0.291 e. The fourth-order valence-corrected chi connectivity index (χ4v) is 4.77. The number of aryl methyl sites for hydroxylation is 1. The number of anilines is 2. The number of morpholine rings is 1. The Morgan fingerprint density at radius 3 is 2.45 bits per heavy atom. The van der Waals surface area contributed by atoms with Crippen molar-refractivity contribution in [2.75, 3.05) is 49.6 Å². The van der Waals surface area contributed by atoms with Gasteiger partial charge in [0.25, 0.3) is 5.91 Å². The van der Waals surface area contributed by atoms with Gasteiger partial charge in [0.1, 0.15) is 0 Å². The van der Waals surface area contributed by atoms with E-state index in [1.54, 1.807) is 25.1 Å². The predicted octanol–water partition coefficient (Wildman–Crippen LogP) is 2.71. The van der Waals surface area contributed by atoms with Crippen LogP contribution in [-0.2, 0) is 14.8 Å². The molecule has 0 radical (unpaired) electrons. The van der Waals surface area contributed by atoms with Crippen molar-refractivity contribution >= 4 is 27.3 Å². The lowest BCUT2D eigenvalue weighted by atomic mass is 10.2. The predicted molar refractivity (Wildman–Crippen MR) is 111 cm³/mol. The van der Waals surface area contributed by atoms with E-state index in [-0.39, 0.29) is 10.7 Å². The van der Waals surface area contributed by atoms with Crippen LogP contribution in [0.5, 0.6) is 0 Å². The van der Waals surface area contributed by atoms with Gasteiger partial charge in [0.15, 0.2) is 5.76 Å². The van der Waals surface area contributed by atoms with E-state index in [4.69, 9.17) is 9.15 Å². The minimum atomic E-state index is -3.68. The van der Waals surface area contributed by atoms with Crippen molar-refractivity contribution in [2.24, 2.45) is 0 Å². The molecule has 158 valence electrons. The molecule has 9 heteroatoms. The van der Waals surface area contributed by atoms with Gasteiger partial charge in [-0.25, -0.2) is 8.42 Å². The molecule has 2 aromatic rings. The molecule has 0 bridgehead atoms. The number of carbonyl (C=O) groups excluding carboxylic acids is 1. The summed E-state index contributed by atoms with van der Waals surface area (Å²) < 4.78 is 38.1. The molecule has 2 heterocycles. The van der Waals surface area contributed by atoms with E-state index < -0.39 is 15.9 Å². The molecule has 1 N–H and O–H groups in total. The standard InChI is InChI=1S/C20H27N3O5S/c1-4-22(5-2)18-7-6-16(29(25,26)23-9-12-27-13-10-23)14-17(18)21-20(24)19-15(3)8-11-28-19/h6-8,11,14H,4-5,9-10,12-13H2,1-3H3,(H,21,24). The van der Waals surface area contributed by atoms with Gasteiger partial charge in [-0.1, -0.05) is 0 Å². The SMILES string of the molecule is CCN(CC)c1ccc(S(=O)(=O)N2CCOCC2)cc1NC(=O)c1occc1C. The van der Waals surface area contributed by atoms with Crippen LogP contribution in [0.15, 0.2) is 39.8 Å². The fraction of sp³-hybridized carbons (Fsp3) is 0.450. The van der Waals surface area contributed by atoms with Gasteiger partial charge in [-0.3, -0.25) is 4.79 Å². The van der Waals surface area contributed by atoms with Gasteiger partial charge in [-0.2, -0.15) is 4.31 Å². The van der Waals surface area contributed by atoms with Gasteiger partial charge >= 0.3 is 0 Å². The molecular weight excluding hydrogens is 394 g/mol. The maximum absolute atomic E-state index is 13.1. The molecule has 29 heavy (non-hydrogen) atoms. The number of sulfonamides is 1. The van der Waals surface area contributed by atoms with Gasteiger partial charge < -0.3 is 19.4 Å². The number of hydrogen-bond acceptors (Lipinski definition) is 6. The smallest absolute Gasteiger partial charge is 0.291 e. The molecule has 1 amide bonds. The van der Waals surface area contributed by atoms with E-state index in [0.29, 0.717) is 50.6 Å². The summed E-state index contributed by atoms with van der Waals surface area (Å²) in [5, 5.41) is 2.84.